The molecule has 0 saturated carbocycles. The molecule has 1 aliphatic heterocycles. The highest BCUT2D eigenvalue weighted by Crippen LogP contribution is 2.22. The minimum atomic E-state index is 0.197. The average Bonchev–Trinajstić information content (AvgIpc) is 3.13. The molecule has 1 fully saturated rings. The highest BCUT2D eigenvalue weighted by molar-refractivity contribution is 5.78. The number of nitrogens with one attached hydrogen (secondary N) is 1. The zero-order valence-electron chi connectivity index (χ0n) is 16.3. The number of pyridine rings is 1. The van der Waals surface area contributed by atoms with Crippen LogP contribution < -0.4 is 10.2 Å². The smallest absolute Gasteiger partial charge is 0.227 e. The molecule has 0 amide bonds. The predicted octanol–water partition coefficient (Wildman–Crippen LogP) is 1.66. The molecular formula is C19H26N8O. The van der Waals surface area contributed by atoms with Gasteiger partial charge in [-0.1, -0.05) is 0 Å². The SMILES string of the molecule is CC(C)n1cnc2cnc(Nc3ccnc(N4CCN(CCO)CC4)n3)cc21. The fourth-order valence-corrected chi connectivity index (χ4v) is 3.42. The van der Waals surface area contributed by atoms with E-state index in [2.05, 4.69) is 53.5 Å². The molecule has 3 aromatic heterocycles. The van der Waals surface area contributed by atoms with Crippen molar-refractivity contribution in [2.24, 2.45) is 0 Å². The Labute approximate surface area is 164 Å². The summed E-state index contributed by atoms with van der Waals surface area (Å²) in [5, 5.41) is 12.4. The van der Waals surface area contributed by atoms with E-state index >= 15 is 0 Å². The third-order valence-corrected chi connectivity index (χ3v) is 4.99. The largest absolute Gasteiger partial charge is 0.395 e. The molecule has 9 nitrogen and oxygen atoms in total. The number of nitrogens with zero attached hydrogens (tertiary/aromatic N) is 7. The van der Waals surface area contributed by atoms with E-state index in [9.17, 15) is 0 Å². The Bertz CT molecular complexity index is 933. The Hall–Kier alpha value is -2.78. The summed E-state index contributed by atoms with van der Waals surface area (Å²) in [6.45, 7) is 8.68. The van der Waals surface area contributed by atoms with Gasteiger partial charge in [0.25, 0.3) is 0 Å². The summed E-state index contributed by atoms with van der Waals surface area (Å²) in [5.74, 6) is 2.15. The summed E-state index contributed by atoms with van der Waals surface area (Å²) in [6.07, 6.45) is 5.39. The van der Waals surface area contributed by atoms with Gasteiger partial charge in [0, 0.05) is 51.0 Å². The van der Waals surface area contributed by atoms with E-state index in [1.807, 2.05) is 18.5 Å². The van der Waals surface area contributed by atoms with E-state index in [1.165, 1.54) is 0 Å². The van der Waals surface area contributed by atoms with Crippen molar-refractivity contribution in [3.63, 3.8) is 0 Å². The van der Waals surface area contributed by atoms with E-state index in [-0.39, 0.29) is 6.61 Å². The second-order valence-electron chi connectivity index (χ2n) is 7.22. The predicted molar refractivity (Wildman–Crippen MR) is 109 cm³/mol. The van der Waals surface area contributed by atoms with Crippen LogP contribution in [-0.4, -0.2) is 73.8 Å². The summed E-state index contributed by atoms with van der Waals surface area (Å²) in [7, 11) is 0. The number of fused-ring (bicyclic) bond motifs is 1. The lowest BCUT2D eigenvalue weighted by Gasteiger charge is -2.34. The number of aliphatic hydroxyl groups excluding tert-OH is 1. The number of hydrogen-bond acceptors (Lipinski definition) is 8. The van der Waals surface area contributed by atoms with Crippen molar-refractivity contribution in [2.75, 3.05) is 49.5 Å². The maximum Gasteiger partial charge on any atom is 0.227 e. The number of piperazine rings is 1. The molecule has 1 aliphatic rings. The average molecular weight is 382 g/mol. The van der Waals surface area contributed by atoms with Gasteiger partial charge in [0.15, 0.2) is 0 Å². The highest BCUT2D eigenvalue weighted by atomic mass is 16.3. The monoisotopic (exact) mass is 382 g/mol. The van der Waals surface area contributed by atoms with Crippen molar-refractivity contribution >= 4 is 28.6 Å². The molecular weight excluding hydrogens is 356 g/mol. The summed E-state index contributed by atoms with van der Waals surface area (Å²) in [6, 6.07) is 4.17. The van der Waals surface area contributed by atoms with Gasteiger partial charge in [0.1, 0.15) is 17.2 Å². The molecule has 0 aromatic carbocycles. The maximum atomic E-state index is 9.08. The second-order valence-corrected chi connectivity index (χ2v) is 7.22. The minimum absolute atomic E-state index is 0.197. The van der Waals surface area contributed by atoms with Gasteiger partial charge in [-0.3, -0.25) is 4.90 Å². The Morgan fingerprint density at radius 3 is 2.68 bits per heavy atom. The normalized spacial score (nSPS) is 15.5. The molecule has 1 saturated heterocycles. The maximum absolute atomic E-state index is 9.08. The van der Waals surface area contributed by atoms with Crippen molar-refractivity contribution in [1.29, 1.82) is 0 Å². The first-order valence-corrected chi connectivity index (χ1v) is 9.65. The van der Waals surface area contributed by atoms with E-state index in [0.717, 1.165) is 49.6 Å². The number of β-amino-alcohol motifs (C(OH)–C–C–N with tert-alkyl or cyclic N) is 1. The van der Waals surface area contributed by atoms with Crippen LogP contribution >= 0.6 is 0 Å². The molecule has 3 aromatic rings. The zero-order valence-corrected chi connectivity index (χ0v) is 16.3. The molecule has 148 valence electrons. The van der Waals surface area contributed by atoms with Crippen LogP contribution in [0.4, 0.5) is 17.6 Å². The molecule has 0 aliphatic carbocycles. The topological polar surface area (TPSA) is 95.2 Å². The lowest BCUT2D eigenvalue weighted by atomic mass is 10.3. The van der Waals surface area contributed by atoms with Gasteiger partial charge in [-0.2, -0.15) is 4.98 Å². The summed E-state index contributed by atoms with van der Waals surface area (Å²) in [5.41, 5.74) is 1.92. The third kappa shape index (κ3) is 3.90. The molecule has 0 unspecified atom stereocenters. The Kier molecular flexibility index (Phi) is 5.36. The molecule has 0 spiro atoms. The first kappa shape index (κ1) is 18.6. The van der Waals surface area contributed by atoms with Gasteiger partial charge in [0.2, 0.25) is 5.95 Å². The number of anilines is 3. The molecule has 0 atom stereocenters. The number of hydrogen-bond donors (Lipinski definition) is 2. The van der Waals surface area contributed by atoms with Crippen LogP contribution in [0.5, 0.6) is 0 Å². The van der Waals surface area contributed by atoms with Crippen LogP contribution in [0.15, 0.2) is 30.9 Å². The summed E-state index contributed by atoms with van der Waals surface area (Å²) >= 11 is 0. The van der Waals surface area contributed by atoms with E-state index in [1.54, 1.807) is 12.4 Å². The van der Waals surface area contributed by atoms with Gasteiger partial charge in [-0.15, -0.1) is 0 Å². The standard InChI is InChI=1S/C19H26N8O/c1-14(2)27-13-22-15-12-21-18(11-16(15)27)23-17-3-4-20-19(24-17)26-7-5-25(6-8-26)9-10-28/h3-4,11-14,28H,5-10H2,1-2H3,(H,20,21,23,24). The first-order chi connectivity index (χ1) is 13.6. The van der Waals surface area contributed by atoms with Crippen molar-refractivity contribution < 1.29 is 5.11 Å². The Morgan fingerprint density at radius 1 is 1.11 bits per heavy atom. The first-order valence-electron chi connectivity index (χ1n) is 9.65. The Balaban J connectivity index is 1.49. The Morgan fingerprint density at radius 2 is 1.93 bits per heavy atom. The van der Waals surface area contributed by atoms with Gasteiger partial charge < -0.3 is 19.9 Å². The van der Waals surface area contributed by atoms with Crippen LogP contribution in [-0.2, 0) is 0 Å². The summed E-state index contributed by atoms with van der Waals surface area (Å²) in [4.78, 5) is 22.4. The fraction of sp³-hybridized carbons (Fsp3) is 0.474. The van der Waals surface area contributed by atoms with Crippen molar-refractivity contribution in [2.45, 2.75) is 19.9 Å². The van der Waals surface area contributed by atoms with Crippen LogP contribution in [0.1, 0.15) is 19.9 Å². The molecule has 4 heterocycles. The minimum Gasteiger partial charge on any atom is -0.395 e. The number of rotatable bonds is 6. The van der Waals surface area contributed by atoms with Gasteiger partial charge in [0.05, 0.1) is 24.6 Å². The quantitative estimate of drug-likeness (QED) is 0.665. The molecule has 28 heavy (non-hydrogen) atoms. The highest BCUT2D eigenvalue weighted by Gasteiger charge is 2.18. The summed E-state index contributed by atoms with van der Waals surface area (Å²) < 4.78 is 2.12. The van der Waals surface area contributed by atoms with Crippen molar-refractivity contribution in [3.05, 3.63) is 30.9 Å². The molecule has 2 N–H and O–H groups in total. The molecule has 0 radical (unpaired) electrons. The molecule has 4 rings (SSSR count). The number of aromatic nitrogens is 5. The lowest BCUT2D eigenvalue weighted by molar-refractivity contribution is 0.188. The van der Waals surface area contributed by atoms with Gasteiger partial charge in [-0.25, -0.2) is 15.0 Å². The molecule has 0 bridgehead atoms. The van der Waals surface area contributed by atoms with Crippen molar-refractivity contribution in [1.82, 2.24) is 29.4 Å². The van der Waals surface area contributed by atoms with E-state index in [0.29, 0.717) is 17.8 Å². The van der Waals surface area contributed by atoms with Crippen LogP contribution in [0.25, 0.3) is 11.0 Å². The third-order valence-electron chi connectivity index (χ3n) is 4.99. The van der Waals surface area contributed by atoms with E-state index in [4.69, 9.17) is 5.11 Å². The van der Waals surface area contributed by atoms with Gasteiger partial charge >= 0.3 is 0 Å². The van der Waals surface area contributed by atoms with E-state index < -0.39 is 0 Å². The van der Waals surface area contributed by atoms with Crippen LogP contribution in [0.2, 0.25) is 0 Å². The zero-order chi connectivity index (χ0) is 19.5. The fourth-order valence-electron chi connectivity index (χ4n) is 3.42. The number of aliphatic hydroxyl groups is 1. The number of imidazole rings is 1. The van der Waals surface area contributed by atoms with Gasteiger partial charge in [-0.05, 0) is 19.9 Å². The van der Waals surface area contributed by atoms with Crippen LogP contribution in [0.3, 0.4) is 0 Å². The van der Waals surface area contributed by atoms with Crippen LogP contribution in [0, 0.1) is 0 Å². The lowest BCUT2D eigenvalue weighted by Crippen LogP contribution is -2.47. The molecule has 9 heteroatoms. The second kappa shape index (κ2) is 8.07. The van der Waals surface area contributed by atoms with Crippen molar-refractivity contribution in [3.8, 4) is 0 Å².